The van der Waals surface area contributed by atoms with E-state index in [1.807, 2.05) is 0 Å². The highest BCUT2D eigenvalue weighted by Crippen LogP contribution is 2.66. The maximum absolute atomic E-state index is 6.26. The Morgan fingerprint density at radius 2 is 1.95 bits per heavy atom. The summed E-state index contributed by atoms with van der Waals surface area (Å²) in [6, 6.07) is 0. The van der Waals surface area contributed by atoms with E-state index < -0.39 is 0 Å². The molecule has 0 saturated heterocycles. The molecule has 2 aliphatic rings. The molecule has 0 amide bonds. The first-order valence-corrected chi connectivity index (χ1v) is 8.34. The van der Waals surface area contributed by atoms with Crippen molar-refractivity contribution in [2.45, 2.75) is 72.3 Å². The molecule has 0 spiro atoms. The highest BCUT2D eigenvalue weighted by Gasteiger charge is 2.61. The molecular weight excluding hydrogens is 234 g/mol. The molecule has 2 rings (SSSR count). The zero-order chi connectivity index (χ0) is 13.9. The van der Waals surface area contributed by atoms with Crippen molar-refractivity contribution >= 4 is 0 Å². The Morgan fingerprint density at radius 1 is 1.16 bits per heavy atom. The fourth-order valence-electron chi connectivity index (χ4n) is 4.31. The van der Waals surface area contributed by atoms with E-state index in [-0.39, 0.29) is 0 Å². The molecule has 0 radical (unpaired) electrons. The molecule has 3 atom stereocenters. The van der Waals surface area contributed by atoms with E-state index in [1.54, 1.807) is 0 Å². The Bertz CT molecular complexity index is 289. The van der Waals surface area contributed by atoms with Gasteiger partial charge in [0.15, 0.2) is 0 Å². The Balaban J connectivity index is 1.65. The molecule has 3 unspecified atom stereocenters. The van der Waals surface area contributed by atoms with Gasteiger partial charge in [-0.25, -0.2) is 0 Å². The van der Waals surface area contributed by atoms with Gasteiger partial charge in [-0.15, -0.1) is 0 Å². The molecule has 2 fully saturated rings. The predicted molar refractivity (Wildman–Crippen MR) is 81.4 cm³/mol. The molecule has 0 aromatic rings. The van der Waals surface area contributed by atoms with Crippen molar-refractivity contribution in [3.05, 3.63) is 0 Å². The molecule has 0 aromatic heterocycles. The van der Waals surface area contributed by atoms with E-state index >= 15 is 0 Å². The van der Waals surface area contributed by atoms with Gasteiger partial charge in [-0.05, 0) is 68.4 Å². The highest BCUT2D eigenvalue weighted by molar-refractivity contribution is 5.11. The fourth-order valence-corrected chi connectivity index (χ4v) is 4.31. The van der Waals surface area contributed by atoms with Crippen molar-refractivity contribution < 1.29 is 4.74 Å². The molecular formula is C17H33NO. The third kappa shape index (κ3) is 2.85. The second-order valence-electron chi connectivity index (χ2n) is 7.38. The number of unbranched alkanes of at least 4 members (excludes halogenated alkanes) is 2. The summed E-state index contributed by atoms with van der Waals surface area (Å²) >= 11 is 0. The Hall–Kier alpha value is -0.0800. The summed E-state index contributed by atoms with van der Waals surface area (Å²) in [6.45, 7) is 12.8. The lowest BCUT2D eigenvalue weighted by Gasteiger charge is -2.39. The number of ether oxygens (including phenoxy) is 1. The minimum atomic E-state index is 0.432. The molecule has 0 aliphatic heterocycles. The normalized spacial score (nSPS) is 36.0. The van der Waals surface area contributed by atoms with Gasteiger partial charge in [-0.2, -0.15) is 0 Å². The number of nitrogens with one attached hydrogen (secondary N) is 1. The third-order valence-electron chi connectivity index (χ3n) is 6.28. The van der Waals surface area contributed by atoms with Crippen LogP contribution in [-0.2, 0) is 4.74 Å². The van der Waals surface area contributed by atoms with Crippen LogP contribution in [0.25, 0.3) is 0 Å². The van der Waals surface area contributed by atoms with Crippen LogP contribution in [0.15, 0.2) is 0 Å². The van der Waals surface area contributed by atoms with Crippen LogP contribution in [0.2, 0.25) is 0 Å². The van der Waals surface area contributed by atoms with Crippen LogP contribution in [0.4, 0.5) is 0 Å². The second kappa shape index (κ2) is 6.13. The zero-order valence-corrected chi connectivity index (χ0v) is 13.4. The molecule has 1 N–H and O–H groups in total. The van der Waals surface area contributed by atoms with Crippen LogP contribution in [0, 0.1) is 16.7 Å². The minimum Gasteiger partial charge on any atom is -0.378 e. The molecule has 2 bridgehead atoms. The highest BCUT2D eigenvalue weighted by atomic mass is 16.5. The van der Waals surface area contributed by atoms with E-state index in [0.717, 1.165) is 25.6 Å². The monoisotopic (exact) mass is 267 g/mol. The van der Waals surface area contributed by atoms with Gasteiger partial charge in [-0.3, -0.25) is 0 Å². The van der Waals surface area contributed by atoms with Gasteiger partial charge in [0.25, 0.3) is 0 Å². The maximum Gasteiger partial charge on any atom is 0.0636 e. The minimum absolute atomic E-state index is 0.432. The number of rotatable bonds is 8. The molecule has 19 heavy (non-hydrogen) atoms. The number of hydrogen-bond acceptors (Lipinski definition) is 2. The maximum atomic E-state index is 6.26. The third-order valence-corrected chi connectivity index (χ3v) is 6.28. The Morgan fingerprint density at radius 3 is 2.53 bits per heavy atom. The van der Waals surface area contributed by atoms with E-state index in [2.05, 4.69) is 33.0 Å². The Labute approximate surface area is 119 Å². The molecule has 0 aromatic carbocycles. The van der Waals surface area contributed by atoms with Crippen LogP contribution in [0.5, 0.6) is 0 Å². The topological polar surface area (TPSA) is 21.3 Å². The molecule has 112 valence electrons. The first-order valence-electron chi connectivity index (χ1n) is 8.34. The second-order valence-corrected chi connectivity index (χ2v) is 7.38. The van der Waals surface area contributed by atoms with Gasteiger partial charge < -0.3 is 10.1 Å². The predicted octanol–water partition coefficient (Wildman–Crippen LogP) is 4.00. The number of fused-ring (bicyclic) bond motifs is 2. The van der Waals surface area contributed by atoms with E-state index in [9.17, 15) is 0 Å². The van der Waals surface area contributed by atoms with E-state index in [0.29, 0.717) is 16.9 Å². The van der Waals surface area contributed by atoms with Gasteiger partial charge >= 0.3 is 0 Å². The molecule has 2 heteroatoms. The SMILES string of the molecule is CCNCCCCCOC1CC2CCC1(C)C2(C)C. The summed E-state index contributed by atoms with van der Waals surface area (Å²) in [6.07, 6.45) is 8.43. The summed E-state index contributed by atoms with van der Waals surface area (Å²) < 4.78 is 6.26. The van der Waals surface area contributed by atoms with E-state index in [1.165, 1.54) is 38.5 Å². The molecule has 2 saturated carbocycles. The van der Waals surface area contributed by atoms with Gasteiger partial charge in [0, 0.05) is 6.61 Å². The summed E-state index contributed by atoms with van der Waals surface area (Å²) in [5, 5.41) is 3.38. The molecule has 2 nitrogen and oxygen atoms in total. The van der Waals surface area contributed by atoms with Crippen molar-refractivity contribution in [1.82, 2.24) is 5.32 Å². The Kier molecular flexibility index (Phi) is 4.94. The summed E-state index contributed by atoms with van der Waals surface area (Å²) in [5.74, 6) is 0.899. The van der Waals surface area contributed by atoms with Crippen LogP contribution >= 0.6 is 0 Å². The van der Waals surface area contributed by atoms with Gasteiger partial charge in [-0.1, -0.05) is 27.7 Å². The first kappa shape index (κ1) is 15.3. The van der Waals surface area contributed by atoms with Crippen LogP contribution in [0.3, 0.4) is 0 Å². The zero-order valence-electron chi connectivity index (χ0n) is 13.4. The lowest BCUT2D eigenvalue weighted by atomic mass is 9.70. The number of hydrogen-bond donors (Lipinski definition) is 1. The largest absolute Gasteiger partial charge is 0.378 e. The van der Waals surface area contributed by atoms with Gasteiger partial charge in [0.1, 0.15) is 0 Å². The van der Waals surface area contributed by atoms with Crippen LogP contribution < -0.4 is 5.32 Å². The van der Waals surface area contributed by atoms with Crippen molar-refractivity contribution in [3.8, 4) is 0 Å². The first-order chi connectivity index (χ1) is 9.02. The van der Waals surface area contributed by atoms with Crippen LogP contribution in [0.1, 0.15) is 66.2 Å². The molecule has 2 aliphatic carbocycles. The fraction of sp³-hybridized carbons (Fsp3) is 1.00. The average molecular weight is 267 g/mol. The quantitative estimate of drug-likeness (QED) is 0.671. The lowest BCUT2D eigenvalue weighted by molar-refractivity contribution is -0.0475. The summed E-state index contributed by atoms with van der Waals surface area (Å²) in [4.78, 5) is 0. The van der Waals surface area contributed by atoms with Crippen molar-refractivity contribution in [3.63, 3.8) is 0 Å². The van der Waals surface area contributed by atoms with Gasteiger partial charge in [0.2, 0.25) is 0 Å². The van der Waals surface area contributed by atoms with Gasteiger partial charge in [0.05, 0.1) is 6.10 Å². The average Bonchev–Trinajstić information content (AvgIpc) is 2.70. The summed E-state index contributed by atoms with van der Waals surface area (Å²) in [7, 11) is 0. The van der Waals surface area contributed by atoms with Crippen molar-refractivity contribution in [1.29, 1.82) is 0 Å². The van der Waals surface area contributed by atoms with E-state index in [4.69, 9.17) is 4.74 Å². The lowest BCUT2D eigenvalue weighted by Crippen LogP contribution is -2.37. The standard InChI is InChI=1S/C17H33NO/c1-5-18-11-7-6-8-12-19-15-13-14-9-10-17(15,4)16(14,2)3/h14-15,18H,5-13H2,1-4H3. The summed E-state index contributed by atoms with van der Waals surface area (Å²) in [5.41, 5.74) is 0.921. The van der Waals surface area contributed by atoms with Crippen LogP contribution in [-0.4, -0.2) is 25.8 Å². The van der Waals surface area contributed by atoms with Crippen molar-refractivity contribution in [2.24, 2.45) is 16.7 Å². The van der Waals surface area contributed by atoms with Crippen molar-refractivity contribution in [2.75, 3.05) is 19.7 Å². The molecule has 0 heterocycles. The smallest absolute Gasteiger partial charge is 0.0636 e.